The molecule has 2 nitrogen and oxygen atoms in total. The molecule has 0 aromatic heterocycles. The second kappa shape index (κ2) is 7.65. The first-order valence-corrected chi connectivity index (χ1v) is 8.70. The molecule has 23 heavy (non-hydrogen) atoms. The van der Waals surface area contributed by atoms with E-state index in [1.165, 1.54) is 23.1 Å². The van der Waals surface area contributed by atoms with E-state index >= 15 is 0 Å². The number of ether oxygens (including phenoxy) is 1. The summed E-state index contributed by atoms with van der Waals surface area (Å²) in [5.41, 5.74) is 10.2. The fourth-order valence-corrected chi connectivity index (χ4v) is 4.01. The van der Waals surface area contributed by atoms with Gasteiger partial charge in [-0.15, -0.1) is 0 Å². The third-order valence-electron chi connectivity index (χ3n) is 5.25. The molecular weight excluding hydrogens is 282 g/mol. The molecule has 2 heteroatoms. The van der Waals surface area contributed by atoms with Gasteiger partial charge in [0.2, 0.25) is 0 Å². The van der Waals surface area contributed by atoms with E-state index in [1.54, 1.807) is 7.11 Å². The van der Waals surface area contributed by atoms with Gasteiger partial charge in [-0.2, -0.15) is 0 Å². The summed E-state index contributed by atoms with van der Waals surface area (Å²) in [6, 6.07) is 17.3. The van der Waals surface area contributed by atoms with Crippen molar-refractivity contribution in [3.63, 3.8) is 0 Å². The van der Waals surface area contributed by atoms with Crippen LogP contribution in [0.5, 0.6) is 5.75 Å². The van der Waals surface area contributed by atoms with E-state index in [9.17, 15) is 0 Å². The largest absolute Gasteiger partial charge is 0.496 e. The molecular formula is C21H27NO. The maximum atomic E-state index is 5.92. The van der Waals surface area contributed by atoms with Crippen LogP contribution in [0.2, 0.25) is 0 Å². The minimum Gasteiger partial charge on any atom is -0.496 e. The van der Waals surface area contributed by atoms with Gasteiger partial charge in [0, 0.05) is 0 Å². The zero-order chi connectivity index (χ0) is 16.1. The summed E-state index contributed by atoms with van der Waals surface area (Å²) in [6.45, 7) is 0.771. The number of nitrogens with two attached hydrogens (primary N) is 1. The normalized spacial score (nSPS) is 18.3. The van der Waals surface area contributed by atoms with Gasteiger partial charge in [-0.25, -0.2) is 0 Å². The van der Waals surface area contributed by atoms with Crippen LogP contribution in [0.15, 0.2) is 48.5 Å². The van der Waals surface area contributed by atoms with E-state index in [0.717, 1.165) is 38.0 Å². The number of rotatable bonds is 6. The summed E-state index contributed by atoms with van der Waals surface area (Å²) in [5.74, 6) is 2.40. The van der Waals surface area contributed by atoms with Crippen molar-refractivity contribution >= 4 is 0 Å². The topological polar surface area (TPSA) is 35.2 Å². The highest BCUT2D eigenvalue weighted by molar-refractivity contribution is 5.42. The average molecular weight is 309 g/mol. The second-order valence-corrected chi connectivity index (χ2v) is 6.63. The Morgan fingerprint density at radius 3 is 2.70 bits per heavy atom. The number of hydrogen-bond donors (Lipinski definition) is 1. The van der Waals surface area contributed by atoms with E-state index < -0.39 is 0 Å². The van der Waals surface area contributed by atoms with E-state index in [-0.39, 0.29) is 0 Å². The Labute approximate surface area is 139 Å². The van der Waals surface area contributed by atoms with E-state index in [0.29, 0.717) is 11.8 Å². The lowest BCUT2D eigenvalue weighted by Crippen LogP contribution is -2.26. The van der Waals surface area contributed by atoms with Gasteiger partial charge in [0.25, 0.3) is 0 Å². The molecule has 2 atom stereocenters. The van der Waals surface area contributed by atoms with Crippen LogP contribution in [0.3, 0.4) is 0 Å². The number of hydrogen-bond acceptors (Lipinski definition) is 2. The van der Waals surface area contributed by atoms with Crippen molar-refractivity contribution < 1.29 is 4.74 Å². The van der Waals surface area contributed by atoms with Gasteiger partial charge in [0.1, 0.15) is 5.75 Å². The summed E-state index contributed by atoms with van der Waals surface area (Å²) in [6.07, 6.45) is 5.78. The molecule has 0 spiro atoms. The molecule has 0 fully saturated rings. The van der Waals surface area contributed by atoms with Gasteiger partial charge in [0.05, 0.1) is 7.11 Å². The molecule has 0 saturated carbocycles. The van der Waals surface area contributed by atoms with Crippen molar-refractivity contribution in [3.05, 3.63) is 65.2 Å². The SMILES string of the molecule is COc1cccc2c1CC(C(CCN)Cc1ccccc1)CC2. The fraction of sp³-hybridized carbons (Fsp3) is 0.429. The van der Waals surface area contributed by atoms with Crippen LogP contribution >= 0.6 is 0 Å². The van der Waals surface area contributed by atoms with Crippen molar-refractivity contribution in [2.24, 2.45) is 17.6 Å². The Hall–Kier alpha value is -1.80. The van der Waals surface area contributed by atoms with Crippen LogP contribution in [0.1, 0.15) is 29.5 Å². The highest BCUT2D eigenvalue weighted by Crippen LogP contribution is 2.37. The zero-order valence-corrected chi connectivity index (χ0v) is 14.0. The third-order valence-corrected chi connectivity index (χ3v) is 5.25. The molecule has 1 aliphatic rings. The number of aryl methyl sites for hydroxylation is 1. The molecule has 0 aliphatic heterocycles. The molecule has 2 N–H and O–H groups in total. The summed E-state index contributed by atoms with van der Waals surface area (Å²) >= 11 is 0. The molecule has 2 aromatic carbocycles. The first-order chi connectivity index (χ1) is 11.3. The predicted octanol–water partition coefficient (Wildman–Crippen LogP) is 4.01. The smallest absolute Gasteiger partial charge is 0.122 e. The standard InChI is InChI=1S/C21H27NO/c1-23-21-9-5-8-17-10-11-18(15-20(17)21)19(12-13-22)14-16-6-3-2-4-7-16/h2-9,18-19H,10-15,22H2,1H3. The lowest BCUT2D eigenvalue weighted by molar-refractivity contribution is 0.278. The molecule has 0 bridgehead atoms. The fourth-order valence-electron chi connectivity index (χ4n) is 4.01. The molecule has 0 amide bonds. The molecule has 2 aromatic rings. The van der Waals surface area contributed by atoms with Gasteiger partial charge in [-0.3, -0.25) is 0 Å². The van der Waals surface area contributed by atoms with Gasteiger partial charge in [-0.05, 0) is 73.2 Å². The van der Waals surface area contributed by atoms with E-state index in [4.69, 9.17) is 10.5 Å². The lowest BCUT2D eigenvalue weighted by Gasteiger charge is -2.32. The Kier molecular flexibility index (Phi) is 5.35. The minimum atomic E-state index is 0.653. The molecule has 1 aliphatic carbocycles. The Bertz CT molecular complexity index is 609. The average Bonchev–Trinajstić information content (AvgIpc) is 2.61. The van der Waals surface area contributed by atoms with Crippen LogP contribution < -0.4 is 10.5 Å². The highest BCUT2D eigenvalue weighted by atomic mass is 16.5. The first-order valence-electron chi connectivity index (χ1n) is 8.70. The zero-order valence-electron chi connectivity index (χ0n) is 14.0. The Balaban J connectivity index is 1.78. The summed E-state index contributed by atoms with van der Waals surface area (Å²) in [7, 11) is 1.78. The first kappa shape index (κ1) is 16.1. The van der Waals surface area contributed by atoms with Crippen molar-refractivity contribution in [2.45, 2.75) is 32.1 Å². The van der Waals surface area contributed by atoms with Gasteiger partial charge < -0.3 is 10.5 Å². The van der Waals surface area contributed by atoms with E-state index in [1.807, 2.05) is 0 Å². The maximum absolute atomic E-state index is 5.92. The van der Waals surface area contributed by atoms with Gasteiger partial charge in [-0.1, -0.05) is 42.5 Å². The predicted molar refractivity (Wildman–Crippen MR) is 95.8 cm³/mol. The quantitative estimate of drug-likeness (QED) is 0.875. The molecule has 0 heterocycles. The van der Waals surface area contributed by atoms with Crippen molar-refractivity contribution in [1.29, 1.82) is 0 Å². The number of benzene rings is 2. The van der Waals surface area contributed by atoms with Gasteiger partial charge in [0.15, 0.2) is 0 Å². The molecule has 0 radical (unpaired) electrons. The second-order valence-electron chi connectivity index (χ2n) is 6.63. The third kappa shape index (κ3) is 3.76. The monoisotopic (exact) mass is 309 g/mol. The number of fused-ring (bicyclic) bond motifs is 1. The van der Waals surface area contributed by atoms with Gasteiger partial charge >= 0.3 is 0 Å². The van der Waals surface area contributed by atoms with Crippen LogP contribution in [-0.4, -0.2) is 13.7 Å². The molecule has 0 saturated heterocycles. The lowest BCUT2D eigenvalue weighted by atomic mass is 9.73. The van der Waals surface area contributed by atoms with Crippen molar-refractivity contribution in [1.82, 2.24) is 0 Å². The maximum Gasteiger partial charge on any atom is 0.122 e. The van der Waals surface area contributed by atoms with Crippen molar-refractivity contribution in [2.75, 3.05) is 13.7 Å². The van der Waals surface area contributed by atoms with Crippen molar-refractivity contribution in [3.8, 4) is 5.75 Å². The molecule has 3 rings (SSSR count). The van der Waals surface area contributed by atoms with Crippen LogP contribution in [0.25, 0.3) is 0 Å². The van der Waals surface area contributed by atoms with Crippen LogP contribution in [0, 0.1) is 11.8 Å². The number of methoxy groups -OCH3 is 1. The van der Waals surface area contributed by atoms with Crippen LogP contribution in [-0.2, 0) is 19.3 Å². The summed E-state index contributed by atoms with van der Waals surface area (Å²) < 4.78 is 5.59. The molecule has 2 unspecified atom stereocenters. The van der Waals surface area contributed by atoms with Crippen LogP contribution in [0.4, 0.5) is 0 Å². The highest BCUT2D eigenvalue weighted by Gasteiger charge is 2.27. The Morgan fingerprint density at radius 2 is 1.96 bits per heavy atom. The van der Waals surface area contributed by atoms with E-state index in [2.05, 4.69) is 48.5 Å². The molecule has 122 valence electrons. The summed E-state index contributed by atoms with van der Waals surface area (Å²) in [5, 5.41) is 0. The Morgan fingerprint density at radius 1 is 1.13 bits per heavy atom. The minimum absolute atomic E-state index is 0.653. The summed E-state index contributed by atoms with van der Waals surface area (Å²) in [4.78, 5) is 0.